The molecule has 0 aliphatic carbocycles. The third-order valence-electron chi connectivity index (χ3n) is 5.22. The maximum Gasteiger partial charge on any atom is 0.332 e. The van der Waals surface area contributed by atoms with Crippen LogP contribution in [-0.4, -0.2) is 58.4 Å². The number of carboxylic acid groups (broad SMARTS) is 1. The second kappa shape index (κ2) is 14.0. The van der Waals surface area contributed by atoms with Gasteiger partial charge in [-0.2, -0.15) is 0 Å². The summed E-state index contributed by atoms with van der Waals surface area (Å²) in [7, 11) is 0. The molecular formula is C25H32N2O7. The smallest absolute Gasteiger partial charge is 0.332 e. The Morgan fingerprint density at radius 3 is 2.29 bits per heavy atom. The molecule has 2 aromatic carbocycles. The highest BCUT2D eigenvalue weighted by molar-refractivity contribution is 5.94. The van der Waals surface area contributed by atoms with E-state index in [1.54, 1.807) is 24.3 Å². The first-order valence-electron chi connectivity index (χ1n) is 11.2. The van der Waals surface area contributed by atoms with Gasteiger partial charge >= 0.3 is 5.97 Å². The number of carbonyl (C=O) groups is 3. The number of rotatable bonds is 14. The van der Waals surface area contributed by atoms with Crippen molar-refractivity contribution in [1.29, 1.82) is 0 Å². The molecular weight excluding hydrogens is 440 g/mol. The molecule has 2 amide bonds. The van der Waals surface area contributed by atoms with Gasteiger partial charge in [0.25, 0.3) is 5.91 Å². The molecule has 0 heterocycles. The van der Waals surface area contributed by atoms with Crippen molar-refractivity contribution in [2.24, 2.45) is 5.92 Å². The van der Waals surface area contributed by atoms with Crippen molar-refractivity contribution >= 4 is 17.8 Å². The fourth-order valence-corrected chi connectivity index (χ4v) is 3.39. The maximum atomic E-state index is 12.5. The van der Waals surface area contributed by atoms with Crippen molar-refractivity contribution in [1.82, 2.24) is 10.6 Å². The number of carbonyl (C=O) groups excluding carboxylic acids is 2. The number of ether oxygens (including phenoxy) is 1. The molecule has 0 fully saturated rings. The average Bonchev–Trinajstić information content (AvgIpc) is 2.81. The number of hydrogen-bond donors (Lipinski definition) is 5. The minimum Gasteiger partial charge on any atom is -0.479 e. The molecule has 0 bridgehead atoms. The molecule has 34 heavy (non-hydrogen) atoms. The zero-order valence-corrected chi connectivity index (χ0v) is 19.1. The van der Waals surface area contributed by atoms with Gasteiger partial charge in [0.1, 0.15) is 11.5 Å². The van der Waals surface area contributed by atoms with Crippen LogP contribution in [-0.2, 0) is 9.59 Å². The van der Waals surface area contributed by atoms with Crippen molar-refractivity contribution in [3.05, 3.63) is 60.2 Å². The number of amides is 2. The number of aliphatic carboxylic acids is 1. The van der Waals surface area contributed by atoms with E-state index in [0.29, 0.717) is 29.9 Å². The topological polar surface area (TPSA) is 145 Å². The van der Waals surface area contributed by atoms with Gasteiger partial charge in [0.2, 0.25) is 5.91 Å². The zero-order valence-electron chi connectivity index (χ0n) is 19.1. The monoisotopic (exact) mass is 472 g/mol. The van der Waals surface area contributed by atoms with Crippen LogP contribution >= 0.6 is 0 Å². The molecule has 0 aliphatic rings. The van der Waals surface area contributed by atoms with Crippen molar-refractivity contribution < 1.29 is 34.4 Å². The molecule has 0 unspecified atom stereocenters. The minimum absolute atomic E-state index is 0.0183. The van der Waals surface area contributed by atoms with E-state index >= 15 is 0 Å². The van der Waals surface area contributed by atoms with Crippen molar-refractivity contribution in [3.8, 4) is 11.5 Å². The van der Waals surface area contributed by atoms with Crippen LogP contribution in [0.15, 0.2) is 54.6 Å². The van der Waals surface area contributed by atoms with Crippen LogP contribution in [0.2, 0.25) is 0 Å². The molecule has 5 N–H and O–H groups in total. The first-order chi connectivity index (χ1) is 16.2. The van der Waals surface area contributed by atoms with E-state index in [0.717, 1.165) is 0 Å². The third kappa shape index (κ3) is 10.0. The van der Waals surface area contributed by atoms with E-state index in [2.05, 4.69) is 10.6 Å². The molecule has 0 radical (unpaired) electrons. The molecule has 184 valence electrons. The first-order valence-corrected chi connectivity index (χ1v) is 11.2. The molecule has 0 saturated carbocycles. The number of nitrogens with one attached hydrogen (secondary N) is 2. The van der Waals surface area contributed by atoms with E-state index in [1.165, 1.54) is 6.92 Å². The Labute approximate surface area is 198 Å². The molecule has 9 heteroatoms. The highest BCUT2D eigenvalue weighted by Crippen LogP contribution is 2.22. The van der Waals surface area contributed by atoms with Crippen LogP contribution in [0.25, 0.3) is 0 Å². The molecule has 2 rings (SSSR count). The quantitative estimate of drug-likeness (QED) is 0.284. The predicted molar refractivity (Wildman–Crippen MR) is 126 cm³/mol. The summed E-state index contributed by atoms with van der Waals surface area (Å²) in [5, 5.41) is 34.1. The highest BCUT2D eigenvalue weighted by Gasteiger charge is 2.20. The third-order valence-corrected chi connectivity index (χ3v) is 5.22. The van der Waals surface area contributed by atoms with E-state index in [9.17, 15) is 24.6 Å². The fraction of sp³-hybridized carbons (Fsp3) is 0.400. The van der Waals surface area contributed by atoms with Gasteiger partial charge in [0.05, 0.1) is 6.10 Å². The van der Waals surface area contributed by atoms with E-state index in [-0.39, 0.29) is 43.7 Å². The van der Waals surface area contributed by atoms with E-state index < -0.39 is 18.2 Å². The Morgan fingerprint density at radius 2 is 1.62 bits per heavy atom. The molecule has 2 aromatic rings. The summed E-state index contributed by atoms with van der Waals surface area (Å²) in [6.45, 7) is 1.86. The van der Waals surface area contributed by atoms with Crippen molar-refractivity contribution in [3.63, 3.8) is 0 Å². The normalized spacial score (nSPS) is 13.4. The van der Waals surface area contributed by atoms with Gasteiger partial charge in [0.15, 0.2) is 6.10 Å². The predicted octanol–water partition coefficient (Wildman–Crippen LogP) is 2.33. The van der Waals surface area contributed by atoms with E-state index in [1.807, 2.05) is 30.3 Å². The van der Waals surface area contributed by atoms with E-state index in [4.69, 9.17) is 9.84 Å². The summed E-state index contributed by atoms with van der Waals surface area (Å²) in [4.78, 5) is 34.5. The Morgan fingerprint density at radius 1 is 0.912 bits per heavy atom. The van der Waals surface area contributed by atoms with Crippen LogP contribution in [0.5, 0.6) is 11.5 Å². The fourth-order valence-electron chi connectivity index (χ4n) is 3.39. The summed E-state index contributed by atoms with van der Waals surface area (Å²) < 4.78 is 5.75. The lowest BCUT2D eigenvalue weighted by molar-refractivity contribution is -0.147. The summed E-state index contributed by atoms with van der Waals surface area (Å²) in [6.07, 6.45) is -1.34. The Kier molecular flexibility index (Phi) is 11.0. The van der Waals surface area contributed by atoms with Gasteiger partial charge in [-0.3, -0.25) is 9.59 Å². The van der Waals surface area contributed by atoms with Crippen LogP contribution in [0.1, 0.15) is 43.0 Å². The van der Waals surface area contributed by atoms with Crippen molar-refractivity contribution in [2.75, 3.05) is 13.1 Å². The average molecular weight is 473 g/mol. The summed E-state index contributed by atoms with van der Waals surface area (Å²) in [5.41, 5.74) is 0.425. The lowest BCUT2D eigenvalue weighted by atomic mass is 9.93. The minimum atomic E-state index is -1.49. The number of benzene rings is 2. The molecule has 0 aliphatic heterocycles. The van der Waals surface area contributed by atoms with Gasteiger partial charge < -0.3 is 30.7 Å². The SMILES string of the molecule is CC(=O)NC[C@H](CC[C@@H](O)C(=O)O)C[C@H](O)CCNC(=O)c1cccc(Oc2ccccc2)c1. The number of carboxylic acids is 1. The van der Waals surface area contributed by atoms with Crippen LogP contribution in [0.4, 0.5) is 0 Å². The Balaban J connectivity index is 1.82. The molecule has 3 atom stereocenters. The van der Waals surface area contributed by atoms with Gasteiger partial charge in [-0.05, 0) is 61.9 Å². The summed E-state index contributed by atoms with van der Waals surface area (Å²) >= 11 is 0. The van der Waals surface area contributed by atoms with Gasteiger partial charge in [-0.25, -0.2) is 4.79 Å². The maximum absolute atomic E-state index is 12.5. The number of hydrogen-bond acceptors (Lipinski definition) is 6. The number of aliphatic hydroxyl groups is 2. The lowest BCUT2D eigenvalue weighted by Crippen LogP contribution is -2.32. The van der Waals surface area contributed by atoms with Gasteiger partial charge in [0, 0.05) is 25.6 Å². The molecule has 0 aromatic heterocycles. The number of para-hydroxylation sites is 1. The first kappa shape index (κ1) is 26.8. The zero-order chi connectivity index (χ0) is 24.9. The second-order valence-electron chi connectivity index (χ2n) is 8.11. The van der Waals surface area contributed by atoms with Gasteiger partial charge in [-0.15, -0.1) is 0 Å². The lowest BCUT2D eigenvalue weighted by Gasteiger charge is -2.21. The Bertz CT molecular complexity index is 936. The largest absolute Gasteiger partial charge is 0.479 e. The molecule has 0 saturated heterocycles. The summed E-state index contributed by atoms with van der Waals surface area (Å²) in [5.74, 6) is -0.861. The molecule has 0 spiro atoms. The Hall–Kier alpha value is -3.43. The summed E-state index contributed by atoms with van der Waals surface area (Å²) in [6, 6.07) is 16.0. The van der Waals surface area contributed by atoms with Crippen molar-refractivity contribution in [2.45, 2.75) is 44.8 Å². The highest BCUT2D eigenvalue weighted by atomic mass is 16.5. The molecule has 9 nitrogen and oxygen atoms in total. The van der Waals surface area contributed by atoms with Crippen LogP contribution in [0.3, 0.4) is 0 Å². The second-order valence-corrected chi connectivity index (χ2v) is 8.11. The van der Waals surface area contributed by atoms with Crippen LogP contribution in [0, 0.1) is 5.92 Å². The van der Waals surface area contributed by atoms with Crippen LogP contribution < -0.4 is 15.4 Å². The van der Waals surface area contributed by atoms with Gasteiger partial charge in [-0.1, -0.05) is 24.3 Å². The standard InChI is InChI=1S/C25H32N2O7/c1-17(28)27-16-18(10-11-23(30)25(32)33)14-20(29)12-13-26-24(31)19-6-5-9-22(15-19)34-21-7-3-2-4-8-21/h2-9,15,18,20,23,29-30H,10-14,16H2,1H3,(H,26,31)(H,27,28)(H,32,33)/t18-,20-,23-/m1/s1. The number of aliphatic hydroxyl groups excluding tert-OH is 2.